The molecule has 0 saturated heterocycles. The molecular formula is C13H14F2O4. The number of halogens is 2. The minimum absolute atomic E-state index is 0.0400. The Hall–Kier alpha value is -1.69. The van der Waals surface area contributed by atoms with Gasteiger partial charge in [0.25, 0.3) is 0 Å². The third-order valence-corrected chi connectivity index (χ3v) is 3.07. The van der Waals surface area contributed by atoms with Gasteiger partial charge in [-0.2, -0.15) is 8.78 Å². The van der Waals surface area contributed by atoms with Crippen molar-refractivity contribution in [3.63, 3.8) is 0 Å². The van der Waals surface area contributed by atoms with E-state index >= 15 is 0 Å². The van der Waals surface area contributed by atoms with Crippen molar-refractivity contribution < 1.29 is 28.2 Å². The highest BCUT2D eigenvalue weighted by Crippen LogP contribution is 2.36. The van der Waals surface area contributed by atoms with E-state index in [2.05, 4.69) is 4.74 Å². The van der Waals surface area contributed by atoms with Gasteiger partial charge in [-0.25, -0.2) is 0 Å². The Balaban J connectivity index is 2.32. The number of Topliss-reactive ketones (excluding diaryl/α,β-unsaturated/α-hetero) is 1. The summed E-state index contributed by atoms with van der Waals surface area (Å²) in [6, 6.07) is 4.32. The molecule has 1 aliphatic heterocycles. The van der Waals surface area contributed by atoms with E-state index in [1.54, 1.807) is 6.92 Å². The van der Waals surface area contributed by atoms with E-state index in [4.69, 9.17) is 9.84 Å². The van der Waals surface area contributed by atoms with Crippen molar-refractivity contribution in [3.05, 3.63) is 23.8 Å². The normalized spacial score (nSPS) is 19.8. The lowest BCUT2D eigenvalue weighted by molar-refractivity contribution is -0.0505. The molecule has 4 nitrogen and oxygen atoms in total. The lowest BCUT2D eigenvalue weighted by Crippen LogP contribution is -2.34. The predicted molar refractivity (Wildman–Crippen MR) is 62.7 cm³/mol. The number of hydrogen-bond donors (Lipinski definition) is 1. The van der Waals surface area contributed by atoms with Crippen molar-refractivity contribution in [2.24, 2.45) is 5.92 Å². The zero-order valence-corrected chi connectivity index (χ0v) is 10.3. The number of alkyl halides is 2. The van der Waals surface area contributed by atoms with Gasteiger partial charge in [-0.15, -0.1) is 0 Å². The van der Waals surface area contributed by atoms with Crippen molar-refractivity contribution in [2.45, 2.75) is 26.1 Å². The molecule has 104 valence electrons. The molecule has 0 bridgehead atoms. The summed E-state index contributed by atoms with van der Waals surface area (Å²) in [6.45, 7) is -1.35. The average molecular weight is 272 g/mol. The number of ketones is 1. The van der Waals surface area contributed by atoms with Crippen molar-refractivity contribution in [2.75, 3.05) is 6.61 Å². The molecule has 1 aromatic carbocycles. The molecular weight excluding hydrogens is 258 g/mol. The van der Waals surface area contributed by atoms with Crippen LogP contribution in [0.5, 0.6) is 11.5 Å². The predicted octanol–water partition coefficient (Wildman–Crippen LogP) is 2.25. The van der Waals surface area contributed by atoms with Crippen LogP contribution in [-0.4, -0.2) is 30.2 Å². The summed E-state index contributed by atoms with van der Waals surface area (Å²) in [7, 11) is 0. The number of carbonyl (C=O) groups excluding carboxylic acids is 1. The molecule has 6 heteroatoms. The zero-order chi connectivity index (χ0) is 14.0. The minimum Gasteiger partial charge on any atom is -0.489 e. The highest BCUT2D eigenvalue weighted by molar-refractivity contribution is 6.02. The van der Waals surface area contributed by atoms with Crippen LogP contribution in [0.4, 0.5) is 8.78 Å². The number of ether oxygens (including phenoxy) is 2. The number of aliphatic hydroxyl groups is 1. The van der Waals surface area contributed by atoms with Crippen LogP contribution in [0.15, 0.2) is 18.2 Å². The molecule has 1 aliphatic rings. The molecule has 0 spiro atoms. The third-order valence-electron chi connectivity index (χ3n) is 3.07. The lowest BCUT2D eigenvalue weighted by Gasteiger charge is -2.29. The van der Waals surface area contributed by atoms with Crippen LogP contribution in [0.1, 0.15) is 23.7 Å². The van der Waals surface area contributed by atoms with Crippen LogP contribution in [-0.2, 0) is 0 Å². The Morgan fingerprint density at radius 2 is 2.26 bits per heavy atom. The second kappa shape index (κ2) is 5.52. The number of aliphatic hydroxyl groups excluding tert-OH is 1. The second-order valence-electron chi connectivity index (χ2n) is 4.45. The van der Waals surface area contributed by atoms with E-state index in [1.165, 1.54) is 18.2 Å². The number of hydrogen-bond acceptors (Lipinski definition) is 4. The number of carbonyl (C=O) groups is 1. The van der Waals surface area contributed by atoms with E-state index in [1.807, 2.05) is 0 Å². The fourth-order valence-electron chi connectivity index (χ4n) is 2.00. The first-order valence-electron chi connectivity index (χ1n) is 5.91. The smallest absolute Gasteiger partial charge is 0.387 e. The van der Waals surface area contributed by atoms with Gasteiger partial charge in [-0.1, -0.05) is 13.0 Å². The number of fused-ring (bicyclic) bond motifs is 1. The fraction of sp³-hybridized carbons (Fsp3) is 0.462. The molecule has 0 radical (unpaired) electrons. The first-order valence-corrected chi connectivity index (χ1v) is 5.91. The Bertz CT molecular complexity index is 476. The number of rotatable bonds is 4. The van der Waals surface area contributed by atoms with E-state index in [-0.39, 0.29) is 41.8 Å². The first kappa shape index (κ1) is 13.7. The largest absolute Gasteiger partial charge is 0.489 e. The molecule has 2 atom stereocenters. The first-order chi connectivity index (χ1) is 9.02. The Kier molecular flexibility index (Phi) is 3.99. The summed E-state index contributed by atoms with van der Waals surface area (Å²) in [5.41, 5.74) is 0.0455. The van der Waals surface area contributed by atoms with E-state index in [0.29, 0.717) is 0 Å². The van der Waals surface area contributed by atoms with Crippen LogP contribution < -0.4 is 9.47 Å². The van der Waals surface area contributed by atoms with Crippen LogP contribution in [0, 0.1) is 5.92 Å². The van der Waals surface area contributed by atoms with Crippen molar-refractivity contribution in [3.8, 4) is 11.5 Å². The van der Waals surface area contributed by atoms with Crippen LogP contribution in [0.3, 0.4) is 0 Å². The van der Waals surface area contributed by atoms with E-state index in [9.17, 15) is 13.6 Å². The van der Waals surface area contributed by atoms with Gasteiger partial charge in [0.1, 0.15) is 23.2 Å². The summed E-state index contributed by atoms with van der Waals surface area (Å²) in [5.74, 6) is -0.480. The van der Waals surface area contributed by atoms with Crippen molar-refractivity contribution >= 4 is 5.78 Å². The molecule has 0 aromatic heterocycles. The van der Waals surface area contributed by atoms with Gasteiger partial charge in [0.2, 0.25) is 0 Å². The molecule has 0 amide bonds. The van der Waals surface area contributed by atoms with Gasteiger partial charge < -0.3 is 14.6 Å². The second-order valence-corrected chi connectivity index (χ2v) is 4.45. The van der Waals surface area contributed by atoms with Crippen molar-refractivity contribution in [1.82, 2.24) is 0 Å². The van der Waals surface area contributed by atoms with Crippen LogP contribution in [0.2, 0.25) is 0 Å². The number of benzene rings is 1. The van der Waals surface area contributed by atoms with Gasteiger partial charge >= 0.3 is 6.61 Å². The molecule has 1 aromatic rings. The Morgan fingerprint density at radius 3 is 2.89 bits per heavy atom. The van der Waals surface area contributed by atoms with Gasteiger partial charge in [0, 0.05) is 18.9 Å². The van der Waals surface area contributed by atoms with Gasteiger partial charge in [0.15, 0.2) is 5.78 Å². The molecule has 19 heavy (non-hydrogen) atoms. The molecule has 0 fully saturated rings. The Labute approximate surface area is 108 Å². The van der Waals surface area contributed by atoms with Gasteiger partial charge in [-0.3, -0.25) is 4.79 Å². The van der Waals surface area contributed by atoms with Crippen LogP contribution >= 0.6 is 0 Å². The topological polar surface area (TPSA) is 55.8 Å². The van der Waals surface area contributed by atoms with Gasteiger partial charge in [0.05, 0.1) is 0 Å². The SMILES string of the molecule is C[C@@H](CO)[C@@H]1CC(=O)c2c(OC(F)F)cccc2O1. The summed E-state index contributed by atoms with van der Waals surface area (Å²) < 4.78 is 34.4. The standard InChI is InChI=1S/C13H14F2O4/c1-7(6-16)11-5-8(17)12-9(18-11)3-2-4-10(12)19-13(14)15/h2-4,7,11,13,16H,5-6H2,1H3/t7-,11-/m0/s1. The molecule has 2 rings (SSSR count). The fourth-order valence-corrected chi connectivity index (χ4v) is 2.00. The molecule has 1 N–H and O–H groups in total. The zero-order valence-electron chi connectivity index (χ0n) is 10.3. The summed E-state index contributed by atoms with van der Waals surface area (Å²) in [4.78, 5) is 12.0. The minimum atomic E-state index is -2.99. The van der Waals surface area contributed by atoms with E-state index in [0.717, 1.165) is 0 Å². The highest BCUT2D eigenvalue weighted by Gasteiger charge is 2.32. The summed E-state index contributed by atoms with van der Waals surface area (Å²) in [5, 5.41) is 9.08. The maximum atomic E-state index is 12.3. The summed E-state index contributed by atoms with van der Waals surface area (Å²) in [6.07, 6.45) is -0.412. The molecule has 0 unspecified atom stereocenters. The quantitative estimate of drug-likeness (QED) is 0.913. The maximum absolute atomic E-state index is 12.3. The highest BCUT2D eigenvalue weighted by atomic mass is 19.3. The lowest BCUT2D eigenvalue weighted by atomic mass is 9.93. The van der Waals surface area contributed by atoms with Crippen LogP contribution in [0.25, 0.3) is 0 Å². The monoisotopic (exact) mass is 272 g/mol. The third kappa shape index (κ3) is 2.84. The van der Waals surface area contributed by atoms with Gasteiger partial charge in [-0.05, 0) is 12.1 Å². The van der Waals surface area contributed by atoms with Crippen molar-refractivity contribution in [1.29, 1.82) is 0 Å². The molecule has 1 heterocycles. The molecule has 0 saturated carbocycles. The van der Waals surface area contributed by atoms with E-state index < -0.39 is 12.7 Å². The maximum Gasteiger partial charge on any atom is 0.387 e. The summed E-state index contributed by atoms with van der Waals surface area (Å²) >= 11 is 0. The molecule has 0 aliphatic carbocycles. The Morgan fingerprint density at radius 1 is 1.53 bits per heavy atom. The average Bonchev–Trinajstić information content (AvgIpc) is 2.36.